The lowest BCUT2D eigenvalue weighted by Gasteiger charge is -2.27. The fourth-order valence-electron chi connectivity index (χ4n) is 4.89. The third kappa shape index (κ3) is 7.51. The molecule has 0 saturated carbocycles. The Morgan fingerprint density at radius 2 is 2.14 bits per heavy atom. The standard InChI is InChI=1S/C29H37NO5S/c1-21-7-5-8-22(19-21)20-24(35-28-10-3-4-18-34-28)13-11-23-12-16-27(31)30(23)17-6-9-25-14-15-26(36-25)29(32)33-2/h5,7-8,11,13-15,19,23-24,28H,3-4,6,9-10,12,16-18,20H2,1-2H3/t23-,24+,28?/m0/s1. The van der Waals surface area contributed by atoms with Crippen molar-refractivity contribution in [2.24, 2.45) is 0 Å². The first kappa shape index (κ1) is 26.6. The van der Waals surface area contributed by atoms with Gasteiger partial charge >= 0.3 is 5.97 Å². The number of aryl methyl sites for hydroxylation is 2. The Morgan fingerprint density at radius 1 is 1.25 bits per heavy atom. The molecule has 3 atom stereocenters. The number of hydrogen-bond donors (Lipinski definition) is 0. The van der Waals surface area contributed by atoms with Crippen molar-refractivity contribution in [3.8, 4) is 0 Å². The number of methoxy groups -OCH3 is 1. The number of rotatable bonds is 11. The van der Waals surface area contributed by atoms with Crippen molar-refractivity contribution in [3.05, 3.63) is 69.4 Å². The second kappa shape index (κ2) is 13.2. The fraction of sp³-hybridized carbons (Fsp3) is 0.517. The molecule has 1 aromatic heterocycles. The molecule has 36 heavy (non-hydrogen) atoms. The highest BCUT2D eigenvalue weighted by molar-refractivity contribution is 7.13. The minimum atomic E-state index is -0.299. The molecular weight excluding hydrogens is 474 g/mol. The van der Waals surface area contributed by atoms with Gasteiger partial charge in [-0.05, 0) is 63.1 Å². The van der Waals surface area contributed by atoms with Crippen LogP contribution in [0.5, 0.6) is 0 Å². The molecule has 194 valence electrons. The van der Waals surface area contributed by atoms with E-state index in [2.05, 4.69) is 43.3 Å². The SMILES string of the molecule is COC(=O)c1ccc(CCCN2C(=O)CC[C@@H]2C=C[C@H](Cc2cccc(C)c2)OC2CCCCO2)s1. The first-order valence-electron chi connectivity index (χ1n) is 13.0. The average molecular weight is 512 g/mol. The zero-order valence-electron chi connectivity index (χ0n) is 21.3. The maximum absolute atomic E-state index is 12.6. The van der Waals surface area contributed by atoms with Crippen LogP contribution >= 0.6 is 11.3 Å². The van der Waals surface area contributed by atoms with Crippen LogP contribution in [-0.4, -0.2) is 55.5 Å². The molecular formula is C29H37NO5S. The van der Waals surface area contributed by atoms with Gasteiger partial charge in [0.15, 0.2) is 6.29 Å². The van der Waals surface area contributed by atoms with Crippen molar-refractivity contribution >= 4 is 23.2 Å². The van der Waals surface area contributed by atoms with Gasteiger partial charge in [-0.1, -0.05) is 42.0 Å². The van der Waals surface area contributed by atoms with E-state index in [4.69, 9.17) is 14.2 Å². The van der Waals surface area contributed by atoms with E-state index in [9.17, 15) is 9.59 Å². The van der Waals surface area contributed by atoms with Gasteiger partial charge in [0.25, 0.3) is 0 Å². The first-order valence-corrected chi connectivity index (χ1v) is 13.8. The molecule has 3 heterocycles. The van der Waals surface area contributed by atoms with E-state index in [-0.39, 0.29) is 30.3 Å². The maximum atomic E-state index is 12.6. The van der Waals surface area contributed by atoms with Gasteiger partial charge in [-0.2, -0.15) is 0 Å². The highest BCUT2D eigenvalue weighted by Gasteiger charge is 2.29. The largest absolute Gasteiger partial charge is 0.465 e. The Kier molecular flexibility index (Phi) is 9.73. The van der Waals surface area contributed by atoms with Crippen LogP contribution in [0, 0.1) is 6.92 Å². The smallest absolute Gasteiger partial charge is 0.348 e. The molecule has 2 aliphatic rings. The Balaban J connectivity index is 1.36. The van der Waals surface area contributed by atoms with Crippen LogP contribution in [0.1, 0.15) is 64.2 Å². The fourth-order valence-corrected chi connectivity index (χ4v) is 5.86. The third-order valence-corrected chi connectivity index (χ3v) is 7.90. The van der Waals surface area contributed by atoms with Crippen molar-refractivity contribution in [1.29, 1.82) is 0 Å². The van der Waals surface area contributed by atoms with Gasteiger partial charge in [0.1, 0.15) is 4.88 Å². The summed E-state index contributed by atoms with van der Waals surface area (Å²) >= 11 is 1.46. The predicted molar refractivity (Wildman–Crippen MR) is 141 cm³/mol. The summed E-state index contributed by atoms with van der Waals surface area (Å²) in [6.07, 6.45) is 11.0. The number of esters is 1. The van der Waals surface area contributed by atoms with Gasteiger partial charge in [0.05, 0.1) is 19.3 Å². The summed E-state index contributed by atoms with van der Waals surface area (Å²) in [5.41, 5.74) is 2.48. The van der Waals surface area contributed by atoms with E-state index in [1.807, 2.05) is 17.0 Å². The van der Waals surface area contributed by atoms with Gasteiger partial charge in [-0.3, -0.25) is 4.79 Å². The highest BCUT2D eigenvalue weighted by atomic mass is 32.1. The van der Waals surface area contributed by atoms with Crippen LogP contribution in [0.15, 0.2) is 48.6 Å². The van der Waals surface area contributed by atoms with Gasteiger partial charge in [0.2, 0.25) is 5.91 Å². The predicted octanol–water partition coefficient (Wildman–Crippen LogP) is 5.48. The van der Waals surface area contributed by atoms with Crippen molar-refractivity contribution in [2.45, 2.75) is 76.7 Å². The molecule has 0 bridgehead atoms. The Bertz CT molecular complexity index is 1040. The maximum Gasteiger partial charge on any atom is 0.348 e. The number of amides is 1. The number of carbonyl (C=O) groups excluding carboxylic acids is 2. The molecule has 7 heteroatoms. The number of benzene rings is 1. The lowest BCUT2D eigenvalue weighted by Crippen LogP contribution is -2.33. The van der Waals surface area contributed by atoms with Crippen LogP contribution in [0.2, 0.25) is 0 Å². The topological polar surface area (TPSA) is 65.1 Å². The lowest BCUT2D eigenvalue weighted by atomic mass is 10.0. The summed E-state index contributed by atoms with van der Waals surface area (Å²) in [5.74, 6) is -0.0925. The van der Waals surface area contributed by atoms with Crippen molar-refractivity contribution < 1.29 is 23.8 Å². The van der Waals surface area contributed by atoms with Gasteiger partial charge < -0.3 is 19.1 Å². The van der Waals surface area contributed by atoms with E-state index in [1.54, 1.807) is 0 Å². The zero-order chi connectivity index (χ0) is 25.3. The zero-order valence-corrected chi connectivity index (χ0v) is 22.1. The minimum Gasteiger partial charge on any atom is -0.465 e. The van der Waals surface area contributed by atoms with Crippen LogP contribution in [-0.2, 0) is 31.8 Å². The quantitative estimate of drug-likeness (QED) is 0.295. The van der Waals surface area contributed by atoms with Crippen molar-refractivity contribution in [2.75, 3.05) is 20.3 Å². The molecule has 2 saturated heterocycles. The number of carbonyl (C=O) groups is 2. The number of thiophene rings is 1. The average Bonchev–Trinajstić information content (AvgIpc) is 3.50. The molecule has 2 aliphatic heterocycles. The number of likely N-dealkylation sites (tertiary alicyclic amines) is 1. The molecule has 0 radical (unpaired) electrons. The number of nitrogens with zero attached hydrogens (tertiary/aromatic N) is 1. The molecule has 4 rings (SSSR count). The van der Waals surface area contributed by atoms with Crippen molar-refractivity contribution in [1.82, 2.24) is 4.90 Å². The lowest BCUT2D eigenvalue weighted by molar-refractivity contribution is -0.178. The molecule has 1 unspecified atom stereocenters. The van der Waals surface area contributed by atoms with Crippen LogP contribution in [0.25, 0.3) is 0 Å². The third-order valence-electron chi connectivity index (χ3n) is 6.78. The van der Waals surface area contributed by atoms with E-state index >= 15 is 0 Å². The molecule has 0 N–H and O–H groups in total. The summed E-state index contributed by atoms with van der Waals surface area (Å²) in [5, 5.41) is 0. The molecule has 0 spiro atoms. The second-order valence-corrected chi connectivity index (χ2v) is 10.8. The Hall–Kier alpha value is -2.48. The summed E-state index contributed by atoms with van der Waals surface area (Å²) in [6, 6.07) is 12.4. The molecule has 6 nitrogen and oxygen atoms in total. The summed E-state index contributed by atoms with van der Waals surface area (Å²) in [4.78, 5) is 28.1. The summed E-state index contributed by atoms with van der Waals surface area (Å²) < 4.78 is 17.0. The normalized spacial score (nSPS) is 21.3. The van der Waals surface area contributed by atoms with Gasteiger partial charge in [0, 0.05) is 30.9 Å². The van der Waals surface area contributed by atoms with E-state index in [0.29, 0.717) is 17.8 Å². The highest BCUT2D eigenvalue weighted by Crippen LogP contribution is 2.24. The minimum absolute atomic E-state index is 0.0855. The van der Waals surface area contributed by atoms with Gasteiger partial charge in [-0.15, -0.1) is 11.3 Å². The molecule has 1 aromatic carbocycles. The molecule has 2 fully saturated rings. The number of hydrogen-bond acceptors (Lipinski definition) is 6. The van der Waals surface area contributed by atoms with E-state index in [0.717, 1.165) is 56.4 Å². The number of ether oxygens (including phenoxy) is 3. The molecule has 1 amide bonds. The summed E-state index contributed by atoms with van der Waals surface area (Å²) in [7, 11) is 1.40. The van der Waals surface area contributed by atoms with E-state index < -0.39 is 0 Å². The molecule has 2 aromatic rings. The Labute approximate surface area is 218 Å². The van der Waals surface area contributed by atoms with Crippen molar-refractivity contribution in [3.63, 3.8) is 0 Å². The van der Waals surface area contributed by atoms with Crippen LogP contribution in [0.4, 0.5) is 0 Å². The van der Waals surface area contributed by atoms with Gasteiger partial charge in [-0.25, -0.2) is 4.79 Å². The van der Waals surface area contributed by atoms with E-state index in [1.165, 1.54) is 29.6 Å². The first-order chi connectivity index (χ1) is 17.5. The Morgan fingerprint density at radius 3 is 2.92 bits per heavy atom. The van der Waals surface area contributed by atoms with Crippen LogP contribution < -0.4 is 0 Å². The monoisotopic (exact) mass is 511 g/mol. The molecule has 0 aliphatic carbocycles. The summed E-state index contributed by atoms with van der Waals surface area (Å²) in [6.45, 7) is 3.56. The second-order valence-electron chi connectivity index (χ2n) is 9.60. The van der Waals surface area contributed by atoms with Crippen LogP contribution in [0.3, 0.4) is 0 Å².